The fourth-order valence-electron chi connectivity index (χ4n) is 7.92. The van der Waals surface area contributed by atoms with Crippen molar-refractivity contribution in [2.75, 3.05) is 0 Å². The second-order valence-electron chi connectivity index (χ2n) is 17.4. The Bertz CT molecular complexity index is 1340. The summed E-state index contributed by atoms with van der Waals surface area (Å²) < 4.78 is 0. The van der Waals surface area contributed by atoms with Crippen LogP contribution in [0.25, 0.3) is 11.1 Å². The van der Waals surface area contributed by atoms with Crippen LogP contribution in [-0.4, -0.2) is 10.7 Å². The fourth-order valence-corrected chi connectivity index (χ4v) is 7.92. The van der Waals surface area contributed by atoms with Crippen molar-refractivity contribution in [1.82, 2.24) is 0 Å². The molecule has 0 saturated heterocycles. The van der Waals surface area contributed by atoms with Crippen LogP contribution in [0.1, 0.15) is 269 Å². The van der Waals surface area contributed by atoms with Crippen LogP contribution >= 0.6 is 0 Å². The average Bonchev–Trinajstić information content (AvgIpc) is 3.26. The number of nitrogens with zero attached hydrogens (tertiary/aromatic N) is 2. The quantitative estimate of drug-likeness (QED) is 0.0126. The molecule has 2 rings (SSSR count). The van der Waals surface area contributed by atoms with E-state index in [-0.39, 0.29) is 20.4 Å². The van der Waals surface area contributed by atoms with E-state index in [2.05, 4.69) is 115 Å². The second kappa shape index (κ2) is 47.5. The van der Waals surface area contributed by atoms with Gasteiger partial charge in [-0.3, -0.25) is 0 Å². The van der Waals surface area contributed by atoms with Gasteiger partial charge in [0.1, 0.15) is 0 Å². The van der Waals surface area contributed by atoms with Gasteiger partial charge in [-0.25, -0.2) is 0 Å². The normalized spacial score (nSPS) is 11.0. The molecule has 2 aromatic rings. The summed E-state index contributed by atoms with van der Waals surface area (Å²) >= 11 is 0. The third-order valence-corrected chi connectivity index (χ3v) is 11.7. The Kier molecular flexibility index (Phi) is 47.6. The van der Waals surface area contributed by atoms with Gasteiger partial charge in [-0.1, -0.05) is 244 Å². The Morgan fingerprint density at radius 1 is 0.459 bits per heavy atom. The molecule has 0 aliphatic heterocycles. The van der Waals surface area contributed by atoms with Gasteiger partial charge in [-0.05, 0) is 84.8 Å². The maximum Gasteiger partial charge on any atom is 2.00 e. The minimum Gasteiger partial charge on any atom is -0.348 e. The summed E-state index contributed by atoms with van der Waals surface area (Å²) in [6, 6.07) is 18.6. The van der Waals surface area contributed by atoms with E-state index in [0.717, 1.165) is 56.9 Å². The van der Waals surface area contributed by atoms with Crippen LogP contribution in [0.3, 0.4) is 0 Å². The Morgan fingerprint density at radius 3 is 1.23 bits per heavy atom. The van der Waals surface area contributed by atoms with Crippen LogP contribution in [0, 0.1) is 13.8 Å². The van der Waals surface area contributed by atoms with Gasteiger partial charge in [0.25, 0.3) is 0 Å². The summed E-state index contributed by atoms with van der Waals surface area (Å²) in [5.41, 5.74) is 18.9. The molecule has 0 heterocycles. The number of allylic oxidation sites excluding steroid dienone is 2. The standard InChI is InChI=1S/C40H60N2.2C9H19.Pd/c1-5-9-13-15-16-19-24-35-26-22-29-37(32-35)40(36-28-21-25-34(31-36)23-17-11-7-3)39(30-20-14-10-6-2)38(33-42-41)27-18-12-8-4;2*1-3-5-7-9-8-6-4-2;/h21-22,25-26,28-29,31-32H,5-20,23-24,27,30H2,1-4H3;2*1,3-9H2,2H3;/q;2*-1;+2. The Morgan fingerprint density at radius 2 is 0.803 bits per heavy atom. The van der Waals surface area contributed by atoms with E-state index in [4.69, 9.17) is 0 Å². The molecule has 2 nitrogen and oxygen atoms in total. The molecule has 0 fully saturated rings. The van der Waals surface area contributed by atoms with Crippen molar-refractivity contribution in [2.24, 2.45) is 0 Å². The van der Waals surface area contributed by atoms with Crippen molar-refractivity contribution < 1.29 is 25.2 Å². The zero-order valence-electron chi connectivity index (χ0n) is 41.3. The molecule has 0 N–H and O–H groups in total. The second-order valence-corrected chi connectivity index (χ2v) is 17.4. The Labute approximate surface area is 395 Å². The summed E-state index contributed by atoms with van der Waals surface area (Å²) in [5, 5.41) is 0. The minimum absolute atomic E-state index is 0. The molecule has 0 radical (unpaired) electrons. The molecule has 0 unspecified atom stereocenters. The number of unbranched alkanes of at least 4 members (excludes halogenated alkanes) is 24. The van der Waals surface area contributed by atoms with E-state index in [1.165, 1.54) is 200 Å². The van der Waals surface area contributed by atoms with E-state index >= 15 is 0 Å². The van der Waals surface area contributed by atoms with Crippen LogP contribution in [0.5, 0.6) is 0 Å². The molecule has 3 heteroatoms. The summed E-state index contributed by atoms with van der Waals surface area (Å²) in [6.07, 6.45) is 43.0. The smallest absolute Gasteiger partial charge is 0.348 e. The molecule has 350 valence electrons. The van der Waals surface area contributed by atoms with Gasteiger partial charge in [0.2, 0.25) is 0 Å². The maximum atomic E-state index is 9.73. The van der Waals surface area contributed by atoms with Crippen LogP contribution in [0.15, 0.2) is 59.7 Å². The van der Waals surface area contributed by atoms with Crippen molar-refractivity contribution in [1.29, 1.82) is 0 Å². The van der Waals surface area contributed by atoms with Crippen molar-refractivity contribution in [3.8, 4) is 0 Å². The van der Waals surface area contributed by atoms with Gasteiger partial charge in [-0.15, -0.1) is 4.79 Å². The molecule has 61 heavy (non-hydrogen) atoms. The van der Waals surface area contributed by atoms with E-state index in [9.17, 15) is 5.53 Å². The topological polar surface area (TPSA) is 36.4 Å². The van der Waals surface area contributed by atoms with Crippen molar-refractivity contribution >= 4 is 11.4 Å². The first-order valence-electron chi connectivity index (χ1n) is 26.0. The van der Waals surface area contributed by atoms with Crippen LogP contribution in [-0.2, 0) is 33.3 Å². The van der Waals surface area contributed by atoms with Gasteiger partial charge >= 0.3 is 26.3 Å². The van der Waals surface area contributed by atoms with Gasteiger partial charge in [0.05, 0.1) is 5.57 Å². The van der Waals surface area contributed by atoms with E-state index in [1.807, 2.05) is 0 Å². The molecule has 0 aromatic heterocycles. The van der Waals surface area contributed by atoms with Gasteiger partial charge in [-0.2, -0.15) is 12.8 Å². The summed E-state index contributed by atoms with van der Waals surface area (Å²) in [7, 11) is 0. The fraction of sp³-hybridized carbons (Fsp3) is 0.690. The average molecular weight is 930 g/mol. The van der Waals surface area contributed by atoms with Crippen molar-refractivity contribution in [3.05, 3.63) is 101 Å². The first-order chi connectivity index (χ1) is 29.5. The minimum atomic E-state index is 0. The molecular formula is C58H98N2Pd. The first kappa shape index (κ1) is 61.1. The monoisotopic (exact) mass is 929 g/mol. The van der Waals surface area contributed by atoms with Crippen molar-refractivity contribution in [3.63, 3.8) is 0 Å². The van der Waals surface area contributed by atoms with Gasteiger partial charge in [0, 0.05) is 0 Å². The molecule has 2 aromatic carbocycles. The molecule has 0 aliphatic carbocycles. The number of rotatable bonds is 35. The molecule has 0 atom stereocenters. The largest absolute Gasteiger partial charge is 2.00 e. The molecule has 0 bridgehead atoms. The predicted octanol–water partition coefficient (Wildman–Crippen LogP) is 19.6. The Balaban J connectivity index is 0. The molecule has 0 aliphatic rings. The Hall–Kier alpha value is -2.00. The number of hydrogen-bond donors (Lipinski definition) is 0. The number of benzene rings is 2. The van der Waals surface area contributed by atoms with Crippen LogP contribution in [0.2, 0.25) is 0 Å². The number of aryl methyl sites for hydroxylation is 2. The van der Waals surface area contributed by atoms with Gasteiger partial charge in [0.15, 0.2) is 0 Å². The number of hydrogen-bond acceptors (Lipinski definition) is 0. The predicted molar refractivity (Wildman–Crippen MR) is 271 cm³/mol. The van der Waals surface area contributed by atoms with Crippen LogP contribution in [0.4, 0.5) is 0 Å². The van der Waals surface area contributed by atoms with E-state index in [0.29, 0.717) is 0 Å². The zero-order chi connectivity index (χ0) is 44.2. The summed E-state index contributed by atoms with van der Waals surface area (Å²) in [5.74, 6) is 3.07. The summed E-state index contributed by atoms with van der Waals surface area (Å²) in [4.78, 5) is 3.48. The van der Waals surface area contributed by atoms with E-state index < -0.39 is 0 Å². The molecule has 0 spiro atoms. The molecule has 0 amide bonds. The maximum absolute atomic E-state index is 9.73. The van der Waals surface area contributed by atoms with E-state index in [1.54, 1.807) is 0 Å². The zero-order valence-corrected chi connectivity index (χ0v) is 42.8. The third-order valence-electron chi connectivity index (χ3n) is 11.7. The summed E-state index contributed by atoms with van der Waals surface area (Å²) in [6.45, 7) is 21.2. The van der Waals surface area contributed by atoms with Crippen LogP contribution < -0.4 is 0 Å². The first-order valence-corrected chi connectivity index (χ1v) is 26.0. The van der Waals surface area contributed by atoms with Crippen molar-refractivity contribution in [2.45, 2.75) is 260 Å². The third kappa shape index (κ3) is 34.1. The van der Waals surface area contributed by atoms with Gasteiger partial charge < -0.3 is 19.4 Å². The SMILES string of the molecule is CCCCCCCCc1cccc(C(=C(CCCCCC)C(=C=[N+]=[N-])CCCCC)c2cccc(CCCCC)c2)c1.[CH2-]CCCCCCCC.[CH2-]CCCCCCCC.[Pd+2]. The molecule has 0 saturated carbocycles. The molecular weight excluding hydrogens is 831 g/mol.